The standard InChI is InChI=1S/C12H24O5/c1-3-5-6-7-8-9(11(13)14)10(4-2)12(15,16)17/h9-10,15-17H,3-8H2,1-2H3,(H,13,14). The smallest absolute Gasteiger partial charge is 0.307 e. The largest absolute Gasteiger partial charge is 0.481 e. The van der Waals surface area contributed by atoms with E-state index in [0.29, 0.717) is 6.42 Å². The van der Waals surface area contributed by atoms with Crippen LogP contribution in [0, 0.1) is 11.8 Å². The molecule has 0 saturated heterocycles. The van der Waals surface area contributed by atoms with Crippen molar-refractivity contribution in [1.82, 2.24) is 0 Å². The minimum Gasteiger partial charge on any atom is -0.481 e. The van der Waals surface area contributed by atoms with E-state index in [0.717, 1.165) is 25.7 Å². The molecule has 0 spiro atoms. The second-order valence-electron chi connectivity index (χ2n) is 4.50. The molecule has 0 aromatic carbocycles. The maximum absolute atomic E-state index is 11.1. The number of carboxylic acid groups (broad SMARTS) is 1. The van der Waals surface area contributed by atoms with Crippen LogP contribution in [0.4, 0.5) is 0 Å². The summed E-state index contributed by atoms with van der Waals surface area (Å²) in [6.07, 6.45) is 4.29. The van der Waals surface area contributed by atoms with Crippen LogP contribution < -0.4 is 0 Å². The van der Waals surface area contributed by atoms with E-state index >= 15 is 0 Å². The summed E-state index contributed by atoms with van der Waals surface area (Å²) in [5.74, 6) is -5.98. The van der Waals surface area contributed by atoms with Crippen LogP contribution in [0.1, 0.15) is 52.4 Å². The molecule has 0 saturated carbocycles. The fourth-order valence-electron chi connectivity index (χ4n) is 2.12. The number of hydrogen-bond acceptors (Lipinski definition) is 4. The van der Waals surface area contributed by atoms with Crippen molar-refractivity contribution in [2.45, 2.75) is 58.3 Å². The molecule has 0 aromatic heterocycles. The fraction of sp³-hybridized carbons (Fsp3) is 0.917. The summed E-state index contributed by atoms with van der Waals surface area (Å²) in [6, 6.07) is 0. The molecule has 0 heterocycles. The van der Waals surface area contributed by atoms with Crippen molar-refractivity contribution in [2.75, 3.05) is 0 Å². The molecule has 5 heteroatoms. The molecule has 2 unspecified atom stereocenters. The lowest BCUT2D eigenvalue weighted by atomic mass is 9.84. The van der Waals surface area contributed by atoms with Crippen LogP contribution in [0.3, 0.4) is 0 Å². The van der Waals surface area contributed by atoms with Gasteiger partial charge in [-0.3, -0.25) is 4.79 Å². The van der Waals surface area contributed by atoms with Gasteiger partial charge in [0.1, 0.15) is 0 Å². The molecule has 0 aromatic rings. The van der Waals surface area contributed by atoms with Crippen LogP contribution in [-0.2, 0) is 4.79 Å². The molecule has 102 valence electrons. The van der Waals surface area contributed by atoms with Gasteiger partial charge in [-0.25, -0.2) is 0 Å². The van der Waals surface area contributed by atoms with E-state index in [1.54, 1.807) is 6.92 Å². The van der Waals surface area contributed by atoms with Gasteiger partial charge in [0.25, 0.3) is 5.97 Å². The Hall–Kier alpha value is -0.650. The average Bonchev–Trinajstić information content (AvgIpc) is 2.20. The van der Waals surface area contributed by atoms with Crippen LogP contribution in [0.2, 0.25) is 0 Å². The molecule has 5 nitrogen and oxygen atoms in total. The maximum Gasteiger partial charge on any atom is 0.307 e. The first-order chi connectivity index (χ1) is 7.84. The van der Waals surface area contributed by atoms with Crippen molar-refractivity contribution < 1.29 is 25.2 Å². The second-order valence-corrected chi connectivity index (χ2v) is 4.50. The Labute approximate surface area is 102 Å². The highest BCUT2D eigenvalue weighted by Gasteiger charge is 2.40. The molecule has 0 aliphatic rings. The van der Waals surface area contributed by atoms with Gasteiger partial charge in [-0.2, -0.15) is 0 Å². The zero-order chi connectivity index (χ0) is 13.5. The minimum absolute atomic E-state index is 0.203. The summed E-state index contributed by atoms with van der Waals surface area (Å²) in [7, 11) is 0. The first-order valence-electron chi connectivity index (χ1n) is 6.24. The van der Waals surface area contributed by atoms with E-state index in [2.05, 4.69) is 6.92 Å². The van der Waals surface area contributed by atoms with Crippen LogP contribution in [-0.4, -0.2) is 32.4 Å². The van der Waals surface area contributed by atoms with Crippen molar-refractivity contribution in [3.63, 3.8) is 0 Å². The van der Waals surface area contributed by atoms with Gasteiger partial charge in [0, 0.05) is 0 Å². The lowest BCUT2D eigenvalue weighted by Crippen LogP contribution is -2.43. The molecule has 4 N–H and O–H groups in total. The van der Waals surface area contributed by atoms with Gasteiger partial charge >= 0.3 is 5.97 Å². The van der Waals surface area contributed by atoms with Gasteiger partial charge in [-0.1, -0.05) is 39.5 Å². The van der Waals surface area contributed by atoms with Gasteiger partial charge in [0.2, 0.25) is 0 Å². The van der Waals surface area contributed by atoms with Gasteiger partial charge in [-0.15, -0.1) is 0 Å². The zero-order valence-electron chi connectivity index (χ0n) is 10.6. The summed E-state index contributed by atoms with van der Waals surface area (Å²) in [5, 5.41) is 36.5. The SMILES string of the molecule is CCCCCCC(C(=O)O)C(CC)C(O)(O)O. The Kier molecular flexibility index (Phi) is 7.34. The molecular weight excluding hydrogens is 224 g/mol. The summed E-state index contributed by atoms with van der Waals surface area (Å²) in [6.45, 7) is 3.69. The molecule has 2 atom stereocenters. The van der Waals surface area contributed by atoms with Crippen LogP contribution in [0.15, 0.2) is 0 Å². The number of aliphatic hydroxyl groups is 3. The molecule has 0 fully saturated rings. The predicted octanol–water partition coefficient (Wildman–Crippen LogP) is 1.31. The Balaban J connectivity index is 4.44. The number of rotatable bonds is 9. The summed E-state index contributed by atoms with van der Waals surface area (Å²) in [5.41, 5.74) is 0. The third-order valence-electron chi connectivity index (χ3n) is 3.11. The normalized spacial score (nSPS) is 15.6. The highest BCUT2D eigenvalue weighted by Crippen LogP contribution is 2.29. The lowest BCUT2D eigenvalue weighted by Gasteiger charge is -2.29. The second kappa shape index (κ2) is 7.63. The Morgan fingerprint density at radius 3 is 2.06 bits per heavy atom. The van der Waals surface area contributed by atoms with E-state index in [1.807, 2.05) is 0 Å². The monoisotopic (exact) mass is 248 g/mol. The van der Waals surface area contributed by atoms with Crippen molar-refractivity contribution in [3.05, 3.63) is 0 Å². The van der Waals surface area contributed by atoms with Gasteiger partial charge < -0.3 is 20.4 Å². The van der Waals surface area contributed by atoms with Crippen LogP contribution in [0.25, 0.3) is 0 Å². The van der Waals surface area contributed by atoms with Crippen LogP contribution >= 0.6 is 0 Å². The Bertz CT molecular complexity index is 221. The van der Waals surface area contributed by atoms with Gasteiger partial charge in [0.05, 0.1) is 11.8 Å². The zero-order valence-corrected chi connectivity index (χ0v) is 10.6. The quantitative estimate of drug-likeness (QED) is 0.364. The fourth-order valence-corrected chi connectivity index (χ4v) is 2.12. The highest BCUT2D eigenvalue weighted by atomic mass is 16.7. The minimum atomic E-state index is -2.91. The Morgan fingerprint density at radius 1 is 1.12 bits per heavy atom. The summed E-state index contributed by atoms with van der Waals surface area (Å²) < 4.78 is 0. The molecule has 0 rings (SSSR count). The number of aliphatic carboxylic acids is 1. The molecule has 17 heavy (non-hydrogen) atoms. The van der Waals surface area contributed by atoms with E-state index in [9.17, 15) is 4.79 Å². The molecule has 0 radical (unpaired) electrons. The van der Waals surface area contributed by atoms with Gasteiger partial charge in [-0.05, 0) is 12.8 Å². The lowest BCUT2D eigenvalue weighted by molar-refractivity contribution is -0.349. The first-order valence-corrected chi connectivity index (χ1v) is 6.24. The number of hydrogen-bond donors (Lipinski definition) is 4. The van der Waals surface area contributed by atoms with E-state index in [-0.39, 0.29) is 6.42 Å². The van der Waals surface area contributed by atoms with Crippen molar-refractivity contribution in [1.29, 1.82) is 0 Å². The topological polar surface area (TPSA) is 98.0 Å². The van der Waals surface area contributed by atoms with Crippen LogP contribution in [0.5, 0.6) is 0 Å². The third kappa shape index (κ3) is 6.00. The molecule has 0 aliphatic carbocycles. The summed E-state index contributed by atoms with van der Waals surface area (Å²) >= 11 is 0. The highest BCUT2D eigenvalue weighted by molar-refractivity contribution is 5.70. The van der Waals surface area contributed by atoms with E-state index in [1.165, 1.54) is 0 Å². The molecule has 0 amide bonds. The number of carboxylic acids is 1. The van der Waals surface area contributed by atoms with Gasteiger partial charge in [0.15, 0.2) is 0 Å². The van der Waals surface area contributed by atoms with Crippen molar-refractivity contribution >= 4 is 5.97 Å². The maximum atomic E-state index is 11.1. The van der Waals surface area contributed by atoms with E-state index in [4.69, 9.17) is 20.4 Å². The predicted molar refractivity (Wildman–Crippen MR) is 63.1 cm³/mol. The molecule has 0 bridgehead atoms. The first kappa shape index (κ1) is 16.4. The molecular formula is C12H24O5. The average molecular weight is 248 g/mol. The van der Waals surface area contributed by atoms with Crippen molar-refractivity contribution in [2.24, 2.45) is 11.8 Å². The number of carbonyl (C=O) groups is 1. The Morgan fingerprint density at radius 2 is 1.71 bits per heavy atom. The van der Waals surface area contributed by atoms with Crippen molar-refractivity contribution in [3.8, 4) is 0 Å². The summed E-state index contributed by atoms with van der Waals surface area (Å²) in [4.78, 5) is 11.1. The number of unbranched alkanes of at least 4 members (excludes halogenated alkanes) is 3. The third-order valence-corrected chi connectivity index (χ3v) is 3.11. The van der Waals surface area contributed by atoms with E-state index < -0.39 is 23.8 Å². The molecule has 0 aliphatic heterocycles.